The fourth-order valence-electron chi connectivity index (χ4n) is 3.36. The van der Waals surface area contributed by atoms with Crippen LogP contribution in [0, 0.1) is 0 Å². The Morgan fingerprint density at radius 2 is 1.31 bits per heavy atom. The molecular formula is C22H32Cl3N3O. The number of aliphatic hydroxyl groups excluding tert-OH is 1. The summed E-state index contributed by atoms with van der Waals surface area (Å²) >= 11 is 0. The van der Waals surface area contributed by atoms with Crippen molar-refractivity contribution in [2.24, 2.45) is 5.73 Å². The number of fused-ring (bicyclic) bond motifs is 2. The molecule has 0 heterocycles. The van der Waals surface area contributed by atoms with Crippen molar-refractivity contribution in [2.45, 2.75) is 25.5 Å². The minimum Gasteiger partial charge on any atom is -0.390 e. The molecular weight excluding hydrogens is 429 g/mol. The zero-order chi connectivity index (χ0) is 18.2. The van der Waals surface area contributed by atoms with E-state index in [1.807, 2.05) is 0 Å². The van der Waals surface area contributed by atoms with E-state index in [0.717, 1.165) is 32.5 Å². The third-order valence-corrected chi connectivity index (χ3v) is 4.79. The van der Waals surface area contributed by atoms with Crippen LogP contribution in [0.2, 0.25) is 0 Å². The highest BCUT2D eigenvalue weighted by molar-refractivity contribution is 6.02. The van der Waals surface area contributed by atoms with Crippen LogP contribution >= 0.6 is 37.2 Å². The standard InChI is InChI=1S/C22H29N3O.3ClH/c23-14-19(26)15-24-11-5-6-12-25-16-22-20-9-3-1-7-17(20)13-18-8-2-4-10-21(18)22;;;/h1-4,7-10,13,19,24-26H,5-6,11-12,14-16,23H2;3*1H. The SMILES string of the molecule is Cl.Cl.Cl.NCC(O)CNCCCCNCc1c2ccccc2cc2ccccc12. The summed E-state index contributed by atoms with van der Waals surface area (Å²) < 4.78 is 0. The monoisotopic (exact) mass is 459 g/mol. The molecule has 0 fully saturated rings. The second kappa shape index (κ2) is 14.8. The zero-order valence-corrected chi connectivity index (χ0v) is 18.9. The van der Waals surface area contributed by atoms with Gasteiger partial charge in [-0.25, -0.2) is 0 Å². The molecule has 0 bridgehead atoms. The van der Waals surface area contributed by atoms with Gasteiger partial charge in [0.15, 0.2) is 0 Å². The largest absolute Gasteiger partial charge is 0.390 e. The Balaban J connectivity index is 0.00000261. The van der Waals surface area contributed by atoms with E-state index >= 15 is 0 Å². The van der Waals surface area contributed by atoms with Gasteiger partial charge < -0.3 is 21.5 Å². The smallest absolute Gasteiger partial charge is 0.0786 e. The van der Waals surface area contributed by atoms with E-state index in [0.29, 0.717) is 13.1 Å². The van der Waals surface area contributed by atoms with Crippen molar-refractivity contribution in [3.05, 3.63) is 60.2 Å². The summed E-state index contributed by atoms with van der Waals surface area (Å²) in [6.07, 6.45) is 1.75. The van der Waals surface area contributed by atoms with Crippen LogP contribution < -0.4 is 16.4 Å². The topological polar surface area (TPSA) is 70.3 Å². The van der Waals surface area contributed by atoms with Crippen molar-refractivity contribution in [3.8, 4) is 0 Å². The van der Waals surface area contributed by atoms with Gasteiger partial charge in [0.2, 0.25) is 0 Å². The Labute approximate surface area is 191 Å². The van der Waals surface area contributed by atoms with Crippen LogP contribution in [0.5, 0.6) is 0 Å². The second-order valence-corrected chi connectivity index (χ2v) is 6.77. The van der Waals surface area contributed by atoms with Gasteiger partial charge in [-0.15, -0.1) is 37.2 Å². The molecule has 162 valence electrons. The molecule has 0 saturated carbocycles. The van der Waals surface area contributed by atoms with Gasteiger partial charge in [-0.2, -0.15) is 0 Å². The molecule has 7 heteroatoms. The molecule has 1 atom stereocenters. The number of rotatable bonds is 10. The van der Waals surface area contributed by atoms with Gasteiger partial charge in [0.05, 0.1) is 6.10 Å². The summed E-state index contributed by atoms with van der Waals surface area (Å²) in [5.74, 6) is 0. The van der Waals surface area contributed by atoms with Crippen LogP contribution in [0.4, 0.5) is 0 Å². The minimum absolute atomic E-state index is 0. The Morgan fingerprint density at radius 1 is 0.793 bits per heavy atom. The molecule has 0 spiro atoms. The Bertz CT molecular complexity index is 794. The van der Waals surface area contributed by atoms with E-state index in [-0.39, 0.29) is 37.2 Å². The van der Waals surface area contributed by atoms with Gasteiger partial charge in [-0.3, -0.25) is 0 Å². The molecule has 0 aliphatic carbocycles. The third kappa shape index (κ3) is 7.91. The van der Waals surface area contributed by atoms with Gasteiger partial charge in [0, 0.05) is 19.6 Å². The van der Waals surface area contributed by atoms with Gasteiger partial charge in [0.1, 0.15) is 0 Å². The van der Waals surface area contributed by atoms with Gasteiger partial charge in [-0.1, -0.05) is 48.5 Å². The molecule has 0 aliphatic heterocycles. The normalized spacial score (nSPS) is 11.4. The van der Waals surface area contributed by atoms with E-state index in [1.54, 1.807) is 0 Å². The predicted octanol–water partition coefficient (Wildman–Crippen LogP) is 4.04. The van der Waals surface area contributed by atoms with Crippen LogP contribution in [0.15, 0.2) is 54.6 Å². The summed E-state index contributed by atoms with van der Waals surface area (Å²) in [6.45, 7) is 3.66. The average Bonchev–Trinajstić information content (AvgIpc) is 2.68. The van der Waals surface area contributed by atoms with Gasteiger partial charge in [-0.05, 0) is 59.1 Å². The molecule has 0 saturated heterocycles. The lowest BCUT2D eigenvalue weighted by Crippen LogP contribution is -2.33. The highest BCUT2D eigenvalue weighted by Gasteiger charge is 2.06. The minimum atomic E-state index is -0.437. The van der Waals surface area contributed by atoms with Crippen molar-refractivity contribution in [3.63, 3.8) is 0 Å². The maximum Gasteiger partial charge on any atom is 0.0786 e. The number of nitrogens with one attached hydrogen (secondary N) is 2. The quantitative estimate of drug-likeness (QED) is 0.272. The number of halogens is 3. The first kappa shape index (κ1) is 27.9. The van der Waals surface area contributed by atoms with Crippen LogP contribution in [-0.2, 0) is 6.54 Å². The first-order chi connectivity index (χ1) is 12.8. The zero-order valence-electron chi connectivity index (χ0n) is 16.5. The molecule has 0 radical (unpaired) electrons. The fourth-order valence-corrected chi connectivity index (χ4v) is 3.36. The van der Waals surface area contributed by atoms with Gasteiger partial charge >= 0.3 is 0 Å². The van der Waals surface area contributed by atoms with Gasteiger partial charge in [0.25, 0.3) is 0 Å². The maximum atomic E-state index is 9.40. The molecule has 3 rings (SSSR count). The van der Waals surface area contributed by atoms with Crippen molar-refractivity contribution < 1.29 is 5.11 Å². The molecule has 29 heavy (non-hydrogen) atoms. The van der Waals surface area contributed by atoms with E-state index in [2.05, 4.69) is 65.2 Å². The van der Waals surface area contributed by atoms with E-state index in [1.165, 1.54) is 27.1 Å². The summed E-state index contributed by atoms with van der Waals surface area (Å²) in [5.41, 5.74) is 6.76. The lowest BCUT2D eigenvalue weighted by atomic mass is 9.97. The number of aliphatic hydroxyl groups is 1. The highest BCUT2D eigenvalue weighted by atomic mass is 35.5. The summed E-state index contributed by atoms with van der Waals surface area (Å²) in [5, 5.41) is 21.5. The predicted molar refractivity (Wildman–Crippen MR) is 132 cm³/mol. The van der Waals surface area contributed by atoms with Crippen molar-refractivity contribution >= 4 is 58.8 Å². The summed E-state index contributed by atoms with van der Waals surface area (Å²) in [4.78, 5) is 0. The van der Waals surface area contributed by atoms with Crippen LogP contribution in [0.25, 0.3) is 21.5 Å². The molecule has 0 aromatic heterocycles. The van der Waals surface area contributed by atoms with Crippen molar-refractivity contribution in [2.75, 3.05) is 26.2 Å². The van der Waals surface area contributed by atoms with Crippen LogP contribution in [-0.4, -0.2) is 37.4 Å². The Kier molecular flexibility index (Phi) is 14.2. The second-order valence-electron chi connectivity index (χ2n) is 6.77. The molecule has 5 N–H and O–H groups in total. The highest BCUT2D eigenvalue weighted by Crippen LogP contribution is 2.28. The first-order valence-electron chi connectivity index (χ1n) is 9.48. The molecule has 4 nitrogen and oxygen atoms in total. The first-order valence-corrected chi connectivity index (χ1v) is 9.48. The molecule has 3 aromatic carbocycles. The number of hydrogen-bond donors (Lipinski definition) is 4. The number of unbranched alkanes of at least 4 members (excludes halogenated alkanes) is 1. The molecule has 0 aliphatic rings. The van der Waals surface area contributed by atoms with E-state index in [4.69, 9.17) is 5.73 Å². The molecule has 1 unspecified atom stereocenters. The number of benzene rings is 3. The Hall–Kier alpha value is -1.11. The third-order valence-electron chi connectivity index (χ3n) is 4.79. The Morgan fingerprint density at radius 3 is 1.86 bits per heavy atom. The molecule has 3 aromatic rings. The summed E-state index contributed by atoms with van der Waals surface area (Å²) in [7, 11) is 0. The molecule has 0 amide bonds. The van der Waals surface area contributed by atoms with Crippen LogP contribution in [0.1, 0.15) is 18.4 Å². The maximum absolute atomic E-state index is 9.40. The van der Waals surface area contributed by atoms with E-state index < -0.39 is 6.10 Å². The van der Waals surface area contributed by atoms with E-state index in [9.17, 15) is 5.11 Å². The fraction of sp³-hybridized carbons (Fsp3) is 0.364. The number of hydrogen-bond acceptors (Lipinski definition) is 4. The van der Waals surface area contributed by atoms with Crippen molar-refractivity contribution in [1.82, 2.24) is 10.6 Å². The van der Waals surface area contributed by atoms with Crippen molar-refractivity contribution in [1.29, 1.82) is 0 Å². The average molecular weight is 461 g/mol. The van der Waals surface area contributed by atoms with Crippen LogP contribution in [0.3, 0.4) is 0 Å². The lowest BCUT2D eigenvalue weighted by molar-refractivity contribution is 0.179. The lowest BCUT2D eigenvalue weighted by Gasteiger charge is -2.13. The summed E-state index contributed by atoms with van der Waals surface area (Å²) in [6, 6.07) is 19.5. The number of nitrogens with two attached hydrogens (primary N) is 1.